The predicted octanol–water partition coefficient (Wildman–Crippen LogP) is 1.88. The number of nitrogens with two attached hydrogens (primary N) is 1. The first-order valence-electron chi connectivity index (χ1n) is 9.82. The van der Waals surface area contributed by atoms with Crippen LogP contribution in [0.5, 0.6) is 0 Å². The van der Waals surface area contributed by atoms with Crippen molar-refractivity contribution in [3.8, 4) is 0 Å². The molecule has 0 unspecified atom stereocenters. The summed E-state index contributed by atoms with van der Waals surface area (Å²) in [6.07, 6.45) is -0.386. The summed E-state index contributed by atoms with van der Waals surface area (Å²) in [6.45, 7) is 7.34. The Labute approximate surface area is 171 Å². The van der Waals surface area contributed by atoms with E-state index in [0.29, 0.717) is 43.7 Å². The summed E-state index contributed by atoms with van der Waals surface area (Å²) in [6, 6.07) is 5.70. The molecule has 9 nitrogen and oxygen atoms in total. The van der Waals surface area contributed by atoms with Crippen LogP contribution >= 0.6 is 7.60 Å². The van der Waals surface area contributed by atoms with Crippen molar-refractivity contribution in [1.82, 2.24) is 9.80 Å². The van der Waals surface area contributed by atoms with Crippen molar-refractivity contribution >= 4 is 24.9 Å². The second kappa shape index (κ2) is 10.7. The topological polar surface area (TPSA) is 111 Å². The Morgan fingerprint density at radius 2 is 1.55 bits per heavy atom. The van der Waals surface area contributed by atoms with Crippen LogP contribution in [0.25, 0.3) is 0 Å². The molecule has 10 heteroatoms. The Bertz CT molecular complexity index is 741. The van der Waals surface area contributed by atoms with Crippen molar-refractivity contribution in [1.29, 1.82) is 0 Å². The lowest BCUT2D eigenvalue weighted by atomic mass is 10.1. The maximum absolute atomic E-state index is 13.2. The number of rotatable bonds is 8. The predicted molar refractivity (Wildman–Crippen MR) is 109 cm³/mol. The number of amides is 2. The molecule has 162 valence electrons. The molecule has 1 aliphatic rings. The zero-order valence-corrected chi connectivity index (χ0v) is 18.1. The molecule has 0 saturated carbocycles. The molecule has 0 radical (unpaired) electrons. The average Bonchev–Trinajstić information content (AvgIpc) is 2.73. The minimum atomic E-state index is -3.59. The number of piperazine rings is 1. The molecule has 1 heterocycles. The zero-order valence-electron chi connectivity index (χ0n) is 17.2. The van der Waals surface area contributed by atoms with Crippen LogP contribution in [0.4, 0.5) is 4.79 Å². The molecule has 29 heavy (non-hydrogen) atoms. The minimum Gasteiger partial charge on any atom is -0.450 e. The Morgan fingerprint density at radius 1 is 1.00 bits per heavy atom. The highest BCUT2D eigenvalue weighted by molar-refractivity contribution is 7.62. The van der Waals surface area contributed by atoms with E-state index < -0.39 is 13.6 Å². The van der Waals surface area contributed by atoms with E-state index in [1.807, 2.05) is 0 Å². The Kier molecular flexibility index (Phi) is 8.64. The lowest BCUT2D eigenvalue weighted by Gasteiger charge is -2.35. The molecule has 1 fully saturated rings. The summed E-state index contributed by atoms with van der Waals surface area (Å²) >= 11 is 0. The third kappa shape index (κ3) is 5.57. The first-order chi connectivity index (χ1) is 13.9. The number of hydrogen-bond donors (Lipinski definition) is 1. The summed E-state index contributed by atoms with van der Waals surface area (Å²) in [5.74, 6) is -0.305. The molecule has 0 aliphatic carbocycles. The molecule has 1 aliphatic heterocycles. The molecule has 0 spiro atoms. The zero-order chi connectivity index (χ0) is 21.4. The van der Waals surface area contributed by atoms with E-state index in [-0.39, 0.29) is 25.2 Å². The monoisotopic (exact) mass is 427 g/mol. The Balaban J connectivity index is 2.17. The SMILES string of the molecule is CCOC(=O)N1CCN(C(=O)[C@@H](N)c2ccccc2P(=O)(OCC)OCC)CC1. The molecular formula is C19H30N3O6P. The van der Waals surface area contributed by atoms with E-state index in [1.54, 1.807) is 54.8 Å². The summed E-state index contributed by atoms with van der Waals surface area (Å²) in [5, 5.41) is 0.301. The van der Waals surface area contributed by atoms with Gasteiger partial charge in [0.15, 0.2) is 0 Å². The van der Waals surface area contributed by atoms with E-state index in [2.05, 4.69) is 0 Å². The van der Waals surface area contributed by atoms with Crippen LogP contribution in [0.3, 0.4) is 0 Å². The van der Waals surface area contributed by atoms with Crippen molar-refractivity contribution < 1.29 is 27.9 Å². The fourth-order valence-electron chi connectivity index (χ4n) is 3.17. The molecule has 0 aromatic heterocycles. The summed E-state index contributed by atoms with van der Waals surface area (Å²) in [4.78, 5) is 28.0. The number of ether oxygens (including phenoxy) is 1. The average molecular weight is 427 g/mol. The van der Waals surface area contributed by atoms with Gasteiger partial charge in [-0.2, -0.15) is 0 Å². The van der Waals surface area contributed by atoms with E-state index in [1.165, 1.54) is 0 Å². The maximum Gasteiger partial charge on any atom is 0.409 e. The van der Waals surface area contributed by atoms with Crippen LogP contribution < -0.4 is 11.0 Å². The first-order valence-corrected chi connectivity index (χ1v) is 11.4. The van der Waals surface area contributed by atoms with Gasteiger partial charge in [0.1, 0.15) is 6.04 Å². The van der Waals surface area contributed by atoms with E-state index >= 15 is 0 Å². The van der Waals surface area contributed by atoms with Gasteiger partial charge in [-0.25, -0.2) is 4.79 Å². The minimum absolute atomic E-state index is 0.199. The van der Waals surface area contributed by atoms with E-state index in [0.717, 1.165) is 0 Å². The van der Waals surface area contributed by atoms with Gasteiger partial charge in [-0.05, 0) is 32.4 Å². The van der Waals surface area contributed by atoms with Crippen molar-refractivity contribution in [2.24, 2.45) is 5.73 Å². The number of carbonyl (C=O) groups is 2. The van der Waals surface area contributed by atoms with Crippen molar-refractivity contribution in [3.05, 3.63) is 29.8 Å². The summed E-state index contributed by atoms with van der Waals surface area (Å²) in [7, 11) is -3.59. The van der Waals surface area contributed by atoms with Crippen LogP contribution in [0.1, 0.15) is 32.4 Å². The number of carbonyl (C=O) groups excluding carboxylic acids is 2. The lowest BCUT2D eigenvalue weighted by molar-refractivity contribution is -0.134. The molecule has 2 amide bonds. The van der Waals surface area contributed by atoms with Crippen molar-refractivity contribution in [2.75, 3.05) is 46.0 Å². The van der Waals surface area contributed by atoms with Crippen LogP contribution in [0.15, 0.2) is 24.3 Å². The van der Waals surface area contributed by atoms with Gasteiger partial charge < -0.3 is 29.3 Å². The fraction of sp³-hybridized carbons (Fsp3) is 0.579. The molecule has 1 atom stereocenters. The van der Waals surface area contributed by atoms with Gasteiger partial charge >= 0.3 is 13.7 Å². The highest BCUT2D eigenvalue weighted by atomic mass is 31.2. The molecule has 1 aromatic carbocycles. The smallest absolute Gasteiger partial charge is 0.409 e. The van der Waals surface area contributed by atoms with Gasteiger partial charge in [-0.3, -0.25) is 9.36 Å². The van der Waals surface area contributed by atoms with Crippen LogP contribution in [-0.4, -0.2) is 67.8 Å². The maximum atomic E-state index is 13.2. The number of nitrogens with zero attached hydrogens (tertiary/aromatic N) is 2. The van der Waals surface area contributed by atoms with Gasteiger partial charge in [0.2, 0.25) is 5.91 Å². The highest BCUT2D eigenvalue weighted by Crippen LogP contribution is 2.48. The van der Waals surface area contributed by atoms with Crippen molar-refractivity contribution in [2.45, 2.75) is 26.8 Å². The second-order valence-corrected chi connectivity index (χ2v) is 8.37. The lowest BCUT2D eigenvalue weighted by Crippen LogP contribution is -2.52. The van der Waals surface area contributed by atoms with Gasteiger partial charge in [0.25, 0.3) is 0 Å². The van der Waals surface area contributed by atoms with Gasteiger partial charge in [-0.15, -0.1) is 0 Å². The van der Waals surface area contributed by atoms with Crippen LogP contribution in [0.2, 0.25) is 0 Å². The molecular weight excluding hydrogens is 397 g/mol. The van der Waals surface area contributed by atoms with Crippen LogP contribution in [0, 0.1) is 0 Å². The van der Waals surface area contributed by atoms with E-state index in [9.17, 15) is 14.2 Å². The molecule has 1 saturated heterocycles. The largest absolute Gasteiger partial charge is 0.450 e. The molecule has 2 rings (SSSR count). The fourth-order valence-corrected chi connectivity index (χ4v) is 5.00. The third-order valence-corrected chi connectivity index (χ3v) is 6.74. The summed E-state index contributed by atoms with van der Waals surface area (Å²) < 4.78 is 29.1. The molecule has 2 N–H and O–H groups in total. The van der Waals surface area contributed by atoms with Gasteiger partial charge in [0, 0.05) is 26.2 Å². The standard InChI is InChI=1S/C19H30N3O6P/c1-4-26-19(24)22-13-11-21(12-14-22)18(23)17(20)15-9-7-8-10-16(15)29(25,27-5-2)28-6-3/h7-10,17H,4-6,11-14,20H2,1-3H3/t17-/m0/s1. The van der Waals surface area contributed by atoms with Crippen molar-refractivity contribution in [3.63, 3.8) is 0 Å². The normalized spacial score (nSPS) is 15.9. The second-order valence-electron chi connectivity index (χ2n) is 6.38. The Morgan fingerprint density at radius 3 is 2.10 bits per heavy atom. The molecule has 0 bridgehead atoms. The molecule has 1 aromatic rings. The number of benzene rings is 1. The van der Waals surface area contributed by atoms with Gasteiger partial charge in [0.05, 0.1) is 25.1 Å². The Hall–Kier alpha value is -1.93. The highest BCUT2D eigenvalue weighted by Gasteiger charge is 2.35. The quantitative estimate of drug-likeness (QED) is 0.631. The van der Waals surface area contributed by atoms with Gasteiger partial charge in [-0.1, -0.05) is 18.2 Å². The summed E-state index contributed by atoms with van der Waals surface area (Å²) in [5.41, 5.74) is 6.69. The third-order valence-electron chi connectivity index (χ3n) is 4.55. The number of hydrogen-bond acceptors (Lipinski definition) is 7. The van der Waals surface area contributed by atoms with E-state index in [4.69, 9.17) is 19.5 Å². The first kappa shape index (κ1) is 23.3. The van der Waals surface area contributed by atoms with Crippen LogP contribution in [-0.2, 0) is 23.1 Å².